The molecule has 2 heterocycles. The average molecular weight is 360 g/mol. The van der Waals surface area contributed by atoms with Gasteiger partial charge in [0.15, 0.2) is 5.82 Å². The van der Waals surface area contributed by atoms with E-state index in [1.807, 2.05) is 24.3 Å². The molecule has 3 aromatic rings. The Morgan fingerprint density at radius 3 is 3.00 bits per heavy atom. The van der Waals surface area contributed by atoms with Gasteiger partial charge in [-0.05, 0) is 49.3 Å². The number of H-pyrrole nitrogens is 1. The highest BCUT2D eigenvalue weighted by Gasteiger charge is 2.29. The van der Waals surface area contributed by atoms with Gasteiger partial charge >= 0.3 is 0 Å². The molecule has 0 unspecified atom stereocenters. The van der Waals surface area contributed by atoms with Crippen LogP contribution in [0, 0.1) is 4.77 Å². The number of fused-ring (bicyclic) bond motifs is 1. The molecule has 1 aliphatic carbocycles. The number of nitrogens with one attached hydrogen (secondary N) is 1. The van der Waals surface area contributed by atoms with E-state index in [9.17, 15) is 0 Å². The Balaban J connectivity index is 1.75. The molecule has 0 radical (unpaired) electrons. The monoisotopic (exact) mass is 359 g/mol. The molecule has 1 saturated carbocycles. The van der Waals surface area contributed by atoms with Gasteiger partial charge in [0.05, 0.1) is 18.8 Å². The number of nitrogens with zero attached hydrogens (tertiary/aromatic N) is 4. The van der Waals surface area contributed by atoms with Crippen molar-refractivity contribution in [2.24, 2.45) is 5.10 Å². The van der Waals surface area contributed by atoms with Gasteiger partial charge in [-0.2, -0.15) is 14.9 Å². The van der Waals surface area contributed by atoms with E-state index in [1.54, 1.807) is 18.0 Å². The number of aromatic amines is 1. The Labute approximate surface area is 148 Å². The van der Waals surface area contributed by atoms with E-state index in [0.29, 0.717) is 21.4 Å². The highest BCUT2D eigenvalue weighted by molar-refractivity contribution is 7.71. The number of hydrogen-bond donors (Lipinski definition) is 1. The van der Waals surface area contributed by atoms with Gasteiger partial charge in [0, 0.05) is 16.9 Å². The van der Waals surface area contributed by atoms with Crippen LogP contribution in [0.25, 0.3) is 10.9 Å². The quantitative estimate of drug-likeness (QED) is 0.435. The van der Waals surface area contributed by atoms with Gasteiger partial charge in [0.25, 0.3) is 0 Å². The Kier molecular flexibility index (Phi) is 3.82. The van der Waals surface area contributed by atoms with Crippen LogP contribution < -0.4 is 4.74 Å². The molecule has 0 aliphatic heterocycles. The lowest BCUT2D eigenvalue weighted by Crippen LogP contribution is -1.98. The number of aromatic nitrogens is 4. The predicted molar refractivity (Wildman–Crippen MR) is 95.7 cm³/mol. The van der Waals surface area contributed by atoms with Gasteiger partial charge in [-0.25, -0.2) is 4.98 Å². The maximum Gasteiger partial charge on any atom is 0.216 e. The van der Waals surface area contributed by atoms with Gasteiger partial charge < -0.3 is 4.74 Å². The Morgan fingerprint density at radius 2 is 2.25 bits per heavy atom. The molecule has 0 atom stereocenters. The molecule has 0 saturated heterocycles. The number of benzene rings is 1. The summed E-state index contributed by atoms with van der Waals surface area (Å²) < 4.78 is 7.38. The number of methoxy groups -OCH3 is 1. The van der Waals surface area contributed by atoms with Gasteiger partial charge in [0.2, 0.25) is 4.77 Å². The van der Waals surface area contributed by atoms with Crippen LogP contribution >= 0.6 is 23.8 Å². The second-order valence-corrected chi connectivity index (χ2v) is 6.39. The third-order valence-electron chi connectivity index (χ3n) is 3.93. The van der Waals surface area contributed by atoms with Gasteiger partial charge in [-0.1, -0.05) is 11.6 Å². The van der Waals surface area contributed by atoms with Gasteiger partial charge in [-0.15, -0.1) is 0 Å². The van der Waals surface area contributed by atoms with Gasteiger partial charge in [0.1, 0.15) is 10.9 Å². The van der Waals surface area contributed by atoms with Crippen LogP contribution in [0.3, 0.4) is 0 Å². The SMILES string of the molecule is COc1ccc2nc(Cl)c(/C=N\n3c(C4CC4)n[nH]c3=S)cc2c1. The van der Waals surface area contributed by atoms with Crippen molar-refractivity contribution in [3.63, 3.8) is 0 Å². The fourth-order valence-corrected chi connectivity index (χ4v) is 2.89. The van der Waals surface area contributed by atoms with Crippen molar-refractivity contribution in [2.75, 3.05) is 7.11 Å². The topological polar surface area (TPSA) is 68.1 Å². The molecule has 1 aliphatic rings. The minimum atomic E-state index is 0.388. The molecule has 0 bridgehead atoms. The average Bonchev–Trinajstić information content (AvgIpc) is 3.36. The van der Waals surface area contributed by atoms with Crippen LogP contribution in [0.5, 0.6) is 5.75 Å². The maximum atomic E-state index is 6.28. The Morgan fingerprint density at radius 1 is 1.42 bits per heavy atom. The van der Waals surface area contributed by atoms with Crippen molar-refractivity contribution in [3.8, 4) is 5.75 Å². The van der Waals surface area contributed by atoms with Crippen molar-refractivity contribution >= 4 is 40.9 Å². The van der Waals surface area contributed by atoms with Crippen LogP contribution in [-0.2, 0) is 0 Å². The summed E-state index contributed by atoms with van der Waals surface area (Å²) in [6.07, 6.45) is 3.89. The van der Waals surface area contributed by atoms with E-state index >= 15 is 0 Å². The molecule has 24 heavy (non-hydrogen) atoms. The van der Waals surface area contributed by atoms with E-state index in [1.165, 1.54) is 0 Å². The zero-order chi connectivity index (χ0) is 16.7. The smallest absolute Gasteiger partial charge is 0.216 e. The lowest BCUT2D eigenvalue weighted by atomic mass is 10.1. The minimum absolute atomic E-state index is 0.388. The van der Waals surface area contributed by atoms with Crippen molar-refractivity contribution in [3.05, 3.63) is 45.6 Å². The minimum Gasteiger partial charge on any atom is -0.497 e. The third kappa shape index (κ3) is 2.81. The lowest BCUT2D eigenvalue weighted by molar-refractivity contribution is 0.415. The van der Waals surface area contributed by atoms with Crippen LogP contribution in [0.1, 0.15) is 30.1 Å². The molecule has 2 aromatic heterocycles. The molecular weight excluding hydrogens is 346 g/mol. The summed E-state index contributed by atoms with van der Waals surface area (Å²) in [5.41, 5.74) is 1.51. The Bertz CT molecular complexity index is 1010. The molecule has 4 rings (SSSR count). The number of halogens is 1. The summed E-state index contributed by atoms with van der Waals surface area (Å²) in [5.74, 6) is 2.06. The molecule has 1 aromatic carbocycles. The molecule has 122 valence electrons. The largest absolute Gasteiger partial charge is 0.497 e. The second-order valence-electron chi connectivity index (χ2n) is 5.64. The van der Waals surface area contributed by atoms with E-state index in [-0.39, 0.29) is 0 Å². The standard InChI is InChI=1S/C16H14ClN5OS/c1-23-12-4-5-13-10(7-12)6-11(14(17)19-13)8-18-22-15(9-2-3-9)20-21-16(22)24/h4-9H,2-3H2,1H3,(H,21,24)/b18-8-. The molecular formula is C16H14ClN5OS. The predicted octanol–water partition coefficient (Wildman–Crippen LogP) is 3.91. The molecule has 1 fully saturated rings. The summed E-state index contributed by atoms with van der Waals surface area (Å²) >= 11 is 11.5. The summed E-state index contributed by atoms with van der Waals surface area (Å²) in [4.78, 5) is 4.40. The third-order valence-corrected chi connectivity index (χ3v) is 4.50. The first-order valence-electron chi connectivity index (χ1n) is 7.51. The molecule has 0 spiro atoms. The zero-order valence-electron chi connectivity index (χ0n) is 12.9. The number of ether oxygens (including phenoxy) is 1. The van der Waals surface area contributed by atoms with Crippen molar-refractivity contribution < 1.29 is 4.74 Å². The van der Waals surface area contributed by atoms with E-state index in [2.05, 4.69) is 20.3 Å². The van der Waals surface area contributed by atoms with Crippen molar-refractivity contribution in [1.82, 2.24) is 19.9 Å². The van der Waals surface area contributed by atoms with E-state index in [0.717, 1.165) is 35.3 Å². The fraction of sp³-hybridized carbons (Fsp3) is 0.250. The van der Waals surface area contributed by atoms with Crippen LogP contribution in [0.4, 0.5) is 0 Å². The van der Waals surface area contributed by atoms with Gasteiger partial charge in [-0.3, -0.25) is 5.10 Å². The first-order valence-corrected chi connectivity index (χ1v) is 8.30. The maximum absolute atomic E-state index is 6.28. The zero-order valence-corrected chi connectivity index (χ0v) is 14.4. The second kappa shape index (κ2) is 5.99. The van der Waals surface area contributed by atoms with Crippen molar-refractivity contribution in [1.29, 1.82) is 0 Å². The first-order chi connectivity index (χ1) is 11.7. The van der Waals surface area contributed by atoms with Crippen molar-refractivity contribution in [2.45, 2.75) is 18.8 Å². The van der Waals surface area contributed by atoms with E-state index < -0.39 is 0 Å². The lowest BCUT2D eigenvalue weighted by Gasteiger charge is -2.05. The normalized spacial score (nSPS) is 14.6. The van der Waals surface area contributed by atoms with E-state index in [4.69, 9.17) is 28.6 Å². The highest BCUT2D eigenvalue weighted by Crippen LogP contribution is 2.38. The summed E-state index contributed by atoms with van der Waals surface area (Å²) in [5, 5.41) is 12.8. The summed E-state index contributed by atoms with van der Waals surface area (Å²) in [7, 11) is 1.63. The first kappa shape index (κ1) is 15.3. The van der Waals surface area contributed by atoms with Crippen LogP contribution in [0.2, 0.25) is 5.15 Å². The van der Waals surface area contributed by atoms with Crippen LogP contribution in [0.15, 0.2) is 29.4 Å². The number of hydrogen-bond acceptors (Lipinski definition) is 5. The van der Waals surface area contributed by atoms with Crippen LogP contribution in [-0.4, -0.2) is 33.2 Å². The number of pyridine rings is 1. The molecule has 8 heteroatoms. The summed E-state index contributed by atoms with van der Waals surface area (Å²) in [6.45, 7) is 0. The molecule has 0 amide bonds. The molecule has 1 N–H and O–H groups in total. The Hall–Kier alpha value is -2.25. The molecule has 6 nitrogen and oxygen atoms in total. The summed E-state index contributed by atoms with van der Waals surface area (Å²) in [6, 6.07) is 7.57. The highest BCUT2D eigenvalue weighted by atomic mass is 35.5. The number of rotatable bonds is 4. The fourth-order valence-electron chi connectivity index (χ4n) is 2.51.